The molecule has 7 heteroatoms. The summed E-state index contributed by atoms with van der Waals surface area (Å²) in [4.78, 5) is 25.9. The van der Waals surface area contributed by atoms with E-state index in [1.54, 1.807) is 0 Å². The van der Waals surface area contributed by atoms with Crippen LogP contribution in [0.2, 0.25) is 0 Å². The Labute approximate surface area is 119 Å². The summed E-state index contributed by atoms with van der Waals surface area (Å²) in [7, 11) is 0. The highest BCUT2D eigenvalue weighted by atomic mass is 32.1. The normalized spacial score (nSPS) is 11.9. The Bertz CT molecular complexity index is 669. The molecule has 0 saturated heterocycles. The van der Waals surface area contributed by atoms with Gasteiger partial charge in [0.2, 0.25) is 5.13 Å². The maximum Gasteiger partial charge on any atom is 0.210 e. The number of aromatic nitrogens is 2. The number of ketones is 1. The maximum atomic E-state index is 11.4. The number of carbonyl (C=O) groups is 1. The number of hydrogen-bond donors (Lipinski definition) is 1. The van der Waals surface area contributed by atoms with Crippen molar-refractivity contribution in [3.8, 4) is 0 Å². The third kappa shape index (κ3) is 2.87. The summed E-state index contributed by atoms with van der Waals surface area (Å²) in [5, 5.41) is 1.12. The maximum absolute atomic E-state index is 11.4. The van der Waals surface area contributed by atoms with Crippen molar-refractivity contribution in [1.29, 1.82) is 0 Å². The molecular weight excluding hydrogens is 280 g/mol. The Hall–Kier alpha value is -1.60. The minimum Gasteiger partial charge on any atom is -0.375 e. The quantitative estimate of drug-likeness (QED) is 0.696. The molecule has 19 heavy (non-hydrogen) atoms. The average Bonchev–Trinajstić information content (AvgIpc) is 2.81. The number of anilines is 1. The predicted octanol–water partition coefficient (Wildman–Crippen LogP) is 3.14. The van der Waals surface area contributed by atoms with E-state index in [-0.39, 0.29) is 5.78 Å². The molecule has 0 saturated carbocycles. The molecule has 0 bridgehead atoms. The van der Waals surface area contributed by atoms with E-state index in [9.17, 15) is 4.79 Å². The molecule has 0 radical (unpaired) electrons. The van der Waals surface area contributed by atoms with E-state index < -0.39 is 0 Å². The molecule has 5 nitrogen and oxygen atoms in total. The van der Waals surface area contributed by atoms with Crippen molar-refractivity contribution in [3.05, 3.63) is 21.1 Å². The van der Waals surface area contributed by atoms with Gasteiger partial charge in [0.1, 0.15) is 0 Å². The molecule has 2 heterocycles. The lowest BCUT2D eigenvalue weighted by Crippen LogP contribution is -1.92. The molecule has 0 amide bonds. The van der Waals surface area contributed by atoms with Gasteiger partial charge in [-0.1, -0.05) is 22.7 Å². The number of nitrogen functional groups attached to an aromatic ring is 1. The number of aliphatic imine (C=N–C) groups is 1. The second kappa shape index (κ2) is 5.18. The highest BCUT2D eigenvalue weighted by Crippen LogP contribution is 2.28. The van der Waals surface area contributed by atoms with E-state index >= 15 is 0 Å². The monoisotopic (exact) mass is 294 g/mol. The third-order valence-corrected chi connectivity index (χ3v) is 4.76. The number of rotatable bonds is 3. The fourth-order valence-electron chi connectivity index (χ4n) is 1.70. The molecule has 0 spiro atoms. The summed E-state index contributed by atoms with van der Waals surface area (Å²) in [6, 6.07) is 0. The molecule has 0 aliphatic rings. The van der Waals surface area contributed by atoms with E-state index in [2.05, 4.69) is 15.0 Å². The van der Waals surface area contributed by atoms with Gasteiger partial charge in [0.15, 0.2) is 10.9 Å². The molecule has 2 aromatic rings. The third-order valence-electron chi connectivity index (χ3n) is 2.51. The molecule has 2 aromatic heterocycles. The average molecular weight is 294 g/mol. The van der Waals surface area contributed by atoms with Gasteiger partial charge >= 0.3 is 0 Å². The molecule has 0 fully saturated rings. The molecule has 2 rings (SSSR count). The van der Waals surface area contributed by atoms with Gasteiger partial charge in [-0.05, 0) is 20.8 Å². The first-order valence-corrected chi connectivity index (χ1v) is 7.28. The molecule has 0 aliphatic heterocycles. The van der Waals surface area contributed by atoms with Crippen LogP contribution in [0.4, 0.5) is 10.3 Å². The first kappa shape index (κ1) is 13.8. The van der Waals surface area contributed by atoms with Crippen LogP contribution in [-0.4, -0.2) is 21.5 Å². The Kier molecular flexibility index (Phi) is 3.77. The number of nitrogens with two attached hydrogens (primary N) is 1. The number of hydrogen-bond acceptors (Lipinski definition) is 7. The van der Waals surface area contributed by atoms with Crippen LogP contribution in [0.25, 0.3) is 0 Å². The van der Waals surface area contributed by atoms with Gasteiger partial charge in [0, 0.05) is 6.92 Å². The van der Waals surface area contributed by atoms with Crippen LogP contribution >= 0.6 is 22.7 Å². The summed E-state index contributed by atoms with van der Waals surface area (Å²) in [6.07, 6.45) is 0. The fourth-order valence-corrected chi connectivity index (χ4v) is 3.37. The second-order valence-electron chi connectivity index (χ2n) is 4.13. The summed E-state index contributed by atoms with van der Waals surface area (Å²) in [5.41, 5.74) is 8.08. The van der Waals surface area contributed by atoms with E-state index in [0.29, 0.717) is 15.1 Å². The zero-order valence-electron chi connectivity index (χ0n) is 11.1. The van der Waals surface area contributed by atoms with E-state index in [1.807, 2.05) is 20.8 Å². The van der Waals surface area contributed by atoms with Crippen LogP contribution in [0.1, 0.15) is 39.8 Å². The fraction of sp³-hybridized carbons (Fsp3) is 0.333. The summed E-state index contributed by atoms with van der Waals surface area (Å²) >= 11 is 2.71. The first-order valence-electron chi connectivity index (χ1n) is 5.65. The lowest BCUT2D eigenvalue weighted by atomic mass is 10.3. The van der Waals surface area contributed by atoms with Crippen molar-refractivity contribution in [2.45, 2.75) is 27.7 Å². The zero-order chi connectivity index (χ0) is 14.2. The Morgan fingerprint density at radius 2 is 1.74 bits per heavy atom. The van der Waals surface area contributed by atoms with Gasteiger partial charge in [-0.15, -0.1) is 0 Å². The van der Waals surface area contributed by atoms with Crippen molar-refractivity contribution in [1.82, 2.24) is 9.97 Å². The minimum atomic E-state index is 0.0207. The van der Waals surface area contributed by atoms with Crippen LogP contribution in [0.15, 0.2) is 4.99 Å². The standard InChI is InChI=1S/C12H14N4OS2/c1-5-9(18-11(13)14-5)6(2)15-12-16-7(3)10(19-12)8(4)17/h1-4H3,(H2,13,14). The van der Waals surface area contributed by atoms with Crippen LogP contribution in [-0.2, 0) is 0 Å². The minimum absolute atomic E-state index is 0.0207. The summed E-state index contributed by atoms with van der Waals surface area (Å²) < 4.78 is 0. The van der Waals surface area contributed by atoms with Gasteiger partial charge in [0.05, 0.1) is 26.9 Å². The lowest BCUT2D eigenvalue weighted by Gasteiger charge is -1.95. The van der Waals surface area contributed by atoms with Gasteiger partial charge < -0.3 is 5.73 Å². The topological polar surface area (TPSA) is 81.2 Å². The van der Waals surface area contributed by atoms with Crippen molar-refractivity contribution >= 4 is 44.4 Å². The molecule has 0 aliphatic carbocycles. The highest BCUT2D eigenvalue weighted by Gasteiger charge is 2.13. The van der Waals surface area contributed by atoms with Gasteiger partial charge in [-0.25, -0.2) is 15.0 Å². The molecule has 0 unspecified atom stereocenters. The Morgan fingerprint density at radius 3 is 2.21 bits per heavy atom. The van der Waals surface area contributed by atoms with Gasteiger partial charge in [-0.2, -0.15) is 0 Å². The lowest BCUT2D eigenvalue weighted by molar-refractivity contribution is 0.102. The summed E-state index contributed by atoms with van der Waals surface area (Å²) in [5.74, 6) is 0.0207. The largest absolute Gasteiger partial charge is 0.375 e. The van der Waals surface area contributed by atoms with Crippen LogP contribution < -0.4 is 5.73 Å². The van der Waals surface area contributed by atoms with E-state index in [0.717, 1.165) is 22.0 Å². The second-order valence-corrected chi connectivity index (χ2v) is 6.14. The highest BCUT2D eigenvalue weighted by molar-refractivity contribution is 7.18. The first-order chi connectivity index (χ1) is 8.88. The van der Waals surface area contributed by atoms with Gasteiger partial charge in [-0.3, -0.25) is 4.79 Å². The summed E-state index contributed by atoms with van der Waals surface area (Å²) in [6.45, 7) is 7.14. The van der Waals surface area contributed by atoms with Crippen molar-refractivity contribution < 1.29 is 4.79 Å². The number of nitrogens with zero attached hydrogens (tertiary/aromatic N) is 3. The van der Waals surface area contributed by atoms with Crippen molar-refractivity contribution in [3.63, 3.8) is 0 Å². The van der Waals surface area contributed by atoms with Crippen LogP contribution in [0.3, 0.4) is 0 Å². The molecular formula is C12H14N4OS2. The van der Waals surface area contributed by atoms with Crippen molar-refractivity contribution in [2.75, 3.05) is 5.73 Å². The van der Waals surface area contributed by atoms with Crippen molar-refractivity contribution in [2.24, 2.45) is 4.99 Å². The van der Waals surface area contributed by atoms with Crippen LogP contribution in [0.5, 0.6) is 0 Å². The number of thiazole rings is 2. The Balaban J connectivity index is 2.38. The molecule has 2 N–H and O–H groups in total. The molecule has 0 atom stereocenters. The molecule has 100 valence electrons. The number of Topliss-reactive ketones (excluding diaryl/α,β-unsaturated/α-hetero) is 1. The Morgan fingerprint density at radius 1 is 1.11 bits per heavy atom. The number of aryl methyl sites for hydroxylation is 2. The predicted molar refractivity (Wildman–Crippen MR) is 80.0 cm³/mol. The van der Waals surface area contributed by atoms with Gasteiger partial charge in [0.25, 0.3) is 0 Å². The van der Waals surface area contributed by atoms with E-state index in [1.165, 1.54) is 29.6 Å². The number of carbonyl (C=O) groups excluding carboxylic acids is 1. The zero-order valence-corrected chi connectivity index (χ0v) is 12.8. The molecule has 0 aromatic carbocycles. The SMILES string of the molecule is CC(=O)c1sc(N=C(C)c2sc(N)nc2C)nc1C. The van der Waals surface area contributed by atoms with Crippen LogP contribution in [0, 0.1) is 13.8 Å². The smallest absolute Gasteiger partial charge is 0.210 e. The van der Waals surface area contributed by atoms with E-state index in [4.69, 9.17) is 5.73 Å².